The van der Waals surface area contributed by atoms with Crippen molar-refractivity contribution in [3.8, 4) is 10.4 Å². The molecule has 4 aromatic rings. The van der Waals surface area contributed by atoms with E-state index >= 15 is 0 Å². The summed E-state index contributed by atoms with van der Waals surface area (Å²) in [6.07, 6.45) is 1.46. The van der Waals surface area contributed by atoms with E-state index in [4.69, 9.17) is 11.6 Å². The number of nitrogens with zero attached hydrogens (tertiary/aromatic N) is 2. The molecule has 1 N–H and O–H groups in total. The SMILES string of the molecule is Fc1ccc(-c2cc3c(Nc4ccc(F)c(Cl)c4)ncnc3s2)cc1. The van der Waals surface area contributed by atoms with E-state index in [1.165, 1.54) is 41.9 Å². The molecule has 0 amide bonds. The van der Waals surface area contributed by atoms with Gasteiger partial charge in [0.2, 0.25) is 0 Å². The molecule has 2 heterocycles. The van der Waals surface area contributed by atoms with Crippen molar-refractivity contribution >= 4 is 44.7 Å². The van der Waals surface area contributed by atoms with Crippen LogP contribution in [0.5, 0.6) is 0 Å². The molecule has 0 bridgehead atoms. The fraction of sp³-hybridized carbons (Fsp3) is 0. The van der Waals surface area contributed by atoms with Crippen LogP contribution in [0.2, 0.25) is 5.02 Å². The summed E-state index contributed by atoms with van der Waals surface area (Å²) in [6, 6.07) is 12.6. The smallest absolute Gasteiger partial charge is 0.142 e. The number of aromatic nitrogens is 2. The minimum atomic E-state index is -0.478. The zero-order chi connectivity index (χ0) is 17.4. The molecule has 4 rings (SSSR count). The van der Waals surface area contributed by atoms with E-state index in [0.717, 1.165) is 20.7 Å². The Morgan fingerprint density at radius 3 is 2.52 bits per heavy atom. The Hall–Kier alpha value is -2.57. The van der Waals surface area contributed by atoms with E-state index in [-0.39, 0.29) is 10.8 Å². The average Bonchev–Trinajstić information content (AvgIpc) is 3.04. The molecule has 2 aromatic heterocycles. The van der Waals surface area contributed by atoms with Gasteiger partial charge in [-0.1, -0.05) is 23.7 Å². The van der Waals surface area contributed by atoms with Crippen LogP contribution in [0, 0.1) is 11.6 Å². The van der Waals surface area contributed by atoms with E-state index in [2.05, 4.69) is 15.3 Å². The second-order valence-electron chi connectivity index (χ2n) is 5.31. The first kappa shape index (κ1) is 15.9. The number of anilines is 2. The molecule has 0 spiro atoms. The lowest BCUT2D eigenvalue weighted by atomic mass is 10.2. The van der Waals surface area contributed by atoms with Crippen molar-refractivity contribution in [1.29, 1.82) is 0 Å². The van der Waals surface area contributed by atoms with E-state index in [9.17, 15) is 8.78 Å². The van der Waals surface area contributed by atoms with E-state index in [1.54, 1.807) is 18.2 Å². The van der Waals surface area contributed by atoms with Crippen molar-refractivity contribution in [3.05, 3.63) is 71.5 Å². The minimum absolute atomic E-state index is 0.0348. The summed E-state index contributed by atoms with van der Waals surface area (Å²) in [4.78, 5) is 10.3. The average molecular weight is 374 g/mol. The maximum Gasteiger partial charge on any atom is 0.142 e. The zero-order valence-electron chi connectivity index (χ0n) is 12.6. The summed E-state index contributed by atoms with van der Waals surface area (Å²) in [5.74, 6) is -0.160. The predicted octanol–water partition coefficient (Wildman–Crippen LogP) is 6.03. The third kappa shape index (κ3) is 3.18. The fourth-order valence-electron chi connectivity index (χ4n) is 2.42. The van der Waals surface area contributed by atoms with Crippen LogP contribution in [0.3, 0.4) is 0 Å². The first-order valence-corrected chi connectivity index (χ1v) is 8.52. The Bertz CT molecular complexity index is 1060. The maximum atomic E-state index is 13.3. The number of thiophene rings is 1. The summed E-state index contributed by atoms with van der Waals surface area (Å²) >= 11 is 7.31. The van der Waals surface area contributed by atoms with Crippen LogP contribution in [0.15, 0.2) is 54.9 Å². The third-order valence-corrected chi connectivity index (χ3v) is 5.02. The lowest BCUT2D eigenvalue weighted by molar-refractivity contribution is 0.628. The van der Waals surface area contributed by atoms with Gasteiger partial charge in [-0.05, 0) is 42.0 Å². The standard InChI is InChI=1S/C18H10ClF2N3S/c19-14-7-12(5-6-15(14)21)24-17-13-8-16(25-18(13)23-9-22-17)10-1-3-11(20)4-2-10/h1-9H,(H,22,23,24). The van der Waals surface area contributed by atoms with Gasteiger partial charge in [-0.15, -0.1) is 11.3 Å². The van der Waals surface area contributed by atoms with Crippen molar-refractivity contribution in [1.82, 2.24) is 9.97 Å². The van der Waals surface area contributed by atoms with E-state index in [0.29, 0.717) is 11.5 Å². The Morgan fingerprint density at radius 1 is 0.960 bits per heavy atom. The van der Waals surface area contributed by atoms with Gasteiger partial charge >= 0.3 is 0 Å². The molecule has 0 fully saturated rings. The highest BCUT2D eigenvalue weighted by molar-refractivity contribution is 7.21. The van der Waals surface area contributed by atoms with Crippen LogP contribution < -0.4 is 5.32 Å². The zero-order valence-corrected chi connectivity index (χ0v) is 14.2. The molecule has 0 saturated carbocycles. The third-order valence-electron chi connectivity index (χ3n) is 3.64. The highest BCUT2D eigenvalue weighted by atomic mass is 35.5. The molecule has 3 nitrogen and oxygen atoms in total. The first-order chi connectivity index (χ1) is 12.1. The van der Waals surface area contributed by atoms with Crippen LogP contribution in [0.1, 0.15) is 0 Å². The largest absolute Gasteiger partial charge is 0.340 e. The molecule has 0 aliphatic rings. The normalized spacial score (nSPS) is 11.0. The molecule has 0 aliphatic carbocycles. The molecule has 0 radical (unpaired) electrons. The Labute approximate surface area is 150 Å². The van der Waals surface area contributed by atoms with Crippen LogP contribution >= 0.6 is 22.9 Å². The molecule has 0 unspecified atom stereocenters. The van der Waals surface area contributed by atoms with Crippen molar-refractivity contribution in [2.24, 2.45) is 0 Å². The van der Waals surface area contributed by atoms with Crippen molar-refractivity contribution in [2.45, 2.75) is 0 Å². The van der Waals surface area contributed by atoms with Crippen LogP contribution in [-0.4, -0.2) is 9.97 Å². The Morgan fingerprint density at radius 2 is 1.76 bits per heavy atom. The number of rotatable bonds is 3. The van der Waals surface area contributed by atoms with Crippen molar-refractivity contribution < 1.29 is 8.78 Å². The van der Waals surface area contributed by atoms with Crippen molar-refractivity contribution in [2.75, 3.05) is 5.32 Å². The summed E-state index contributed by atoms with van der Waals surface area (Å²) in [7, 11) is 0. The number of hydrogen-bond acceptors (Lipinski definition) is 4. The molecule has 7 heteroatoms. The predicted molar refractivity (Wildman–Crippen MR) is 97.5 cm³/mol. The van der Waals surface area contributed by atoms with Gasteiger partial charge in [0.25, 0.3) is 0 Å². The molecule has 2 aromatic carbocycles. The maximum absolute atomic E-state index is 13.3. The van der Waals surface area contributed by atoms with Gasteiger partial charge in [0, 0.05) is 10.6 Å². The highest BCUT2D eigenvalue weighted by Gasteiger charge is 2.11. The molecule has 0 saturated heterocycles. The quantitative estimate of drug-likeness (QED) is 0.476. The molecule has 25 heavy (non-hydrogen) atoms. The summed E-state index contributed by atoms with van der Waals surface area (Å²) in [5, 5.41) is 3.99. The van der Waals surface area contributed by atoms with Crippen molar-refractivity contribution in [3.63, 3.8) is 0 Å². The lowest BCUT2D eigenvalue weighted by Crippen LogP contribution is -1.95. The molecular weight excluding hydrogens is 364 g/mol. The highest BCUT2D eigenvalue weighted by Crippen LogP contribution is 2.36. The Kier molecular flexibility index (Phi) is 4.07. The number of nitrogens with one attached hydrogen (secondary N) is 1. The Balaban J connectivity index is 1.74. The monoisotopic (exact) mass is 373 g/mol. The number of halogens is 3. The fourth-order valence-corrected chi connectivity index (χ4v) is 3.61. The second kappa shape index (κ2) is 6.38. The number of hydrogen-bond donors (Lipinski definition) is 1. The summed E-state index contributed by atoms with van der Waals surface area (Å²) < 4.78 is 26.4. The summed E-state index contributed by atoms with van der Waals surface area (Å²) in [6.45, 7) is 0. The van der Waals surface area contributed by atoms with Crippen LogP contribution in [0.4, 0.5) is 20.3 Å². The lowest BCUT2D eigenvalue weighted by Gasteiger charge is -2.06. The molecule has 124 valence electrons. The summed E-state index contributed by atoms with van der Waals surface area (Å²) in [5.41, 5.74) is 1.53. The molecule has 0 atom stereocenters. The van der Waals surface area contributed by atoms with Gasteiger partial charge in [0.15, 0.2) is 0 Å². The van der Waals surface area contributed by atoms with Crippen LogP contribution in [-0.2, 0) is 0 Å². The molecular formula is C18H10ClF2N3S. The first-order valence-electron chi connectivity index (χ1n) is 7.33. The number of benzene rings is 2. The second-order valence-corrected chi connectivity index (χ2v) is 6.75. The molecule has 0 aliphatic heterocycles. The van der Waals surface area contributed by atoms with Gasteiger partial charge in [0.05, 0.1) is 10.4 Å². The van der Waals surface area contributed by atoms with Gasteiger partial charge in [-0.25, -0.2) is 18.7 Å². The van der Waals surface area contributed by atoms with Gasteiger partial charge in [-0.3, -0.25) is 0 Å². The van der Waals surface area contributed by atoms with E-state index < -0.39 is 5.82 Å². The van der Waals surface area contributed by atoms with Gasteiger partial charge < -0.3 is 5.32 Å². The minimum Gasteiger partial charge on any atom is -0.340 e. The number of fused-ring (bicyclic) bond motifs is 1. The van der Waals surface area contributed by atoms with Crippen LogP contribution in [0.25, 0.3) is 20.7 Å². The topological polar surface area (TPSA) is 37.8 Å². The van der Waals surface area contributed by atoms with E-state index in [1.807, 2.05) is 6.07 Å². The van der Waals surface area contributed by atoms with Gasteiger partial charge in [-0.2, -0.15) is 0 Å². The van der Waals surface area contributed by atoms with Gasteiger partial charge in [0.1, 0.15) is 28.6 Å².